The summed E-state index contributed by atoms with van der Waals surface area (Å²) in [5.41, 5.74) is 1.01. The van der Waals surface area contributed by atoms with Gasteiger partial charge < -0.3 is 4.90 Å². The molecule has 0 saturated carbocycles. The highest BCUT2D eigenvalue weighted by atomic mass is 19.4. The van der Waals surface area contributed by atoms with E-state index in [0.29, 0.717) is 16.2 Å². The number of carbonyl (C=O) groups is 1. The topological polar surface area (TPSA) is 51.0 Å². The number of aryl methyl sites for hydroxylation is 1. The molecule has 0 unspecified atom stereocenters. The van der Waals surface area contributed by atoms with Crippen molar-refractivity contribution in [2.24, 2.45) is 0 Å². The molecule has 24 heavy (non-hydrogen) atoms. The van der Waals surface area contributed by atoms with Crippen molar-refractivity contribution in [1.29, 1.82) is 0 Å². The number of amides is 1. The van der Waals surface area contributed by atoms with Crippen LogP contribution < -0.4 is 0 Å². The van der Waals surface area contributed by atoms with E-state index in [1.807, 2.05) is 0 Å². The zero-order valence-corrected chi connectivity index (χ0v) is 12.7. The molecule has 2 aromatic rings. The first-order valence-electron chi connectivity index (χ1n) is 6.68. The summed E-state index contributed by atoms with van der Waals surface area (Å²) in [6.07, 6.45) is -2.98. The number of rotatable bonds is 4. The molecule has 0 N–H and O–H groups in total. The van der Waals surface area contributed by atoms with Gasteiger partial charge in [-0.3, -0.25) is 4.79 Å². The molecule has 0 bridgehead atoms. The maximum Gasteiger partial charge on any atom is 0.455 e. The van der Waals surface area contributed by atoms with E-state index in [9.17, 15) is 26.7 Å². The number of nitrogens with zero attached hydrogens (tertiary/aromatic N) is 4. The van der Waals surface area contributed by atoms with Crippen molar-refractivity contribution in [3.63, 3.8) is 0 Å². The summed E-state index contributed by atoms with van der Waals surface area (Å²) in [6.45, 7) is -0.205. The standard InChI is InChI=1S/C14H13F5N4O/c1-9-5-10(23-8-20-7-21-23)3-4-11(9)12(24)22(2)6-13(15,16)14(17,18)19/h3-5,7-8H,6H2,1-2H3. The Morgan fingerprint density at radius 3 is 2.42 bits per heavy atom. The normalized spacial score (nSPS) is 12.3. The van der Waals surface area contributed by atoms with Gasteiger partial charge in [-0.05, 0) is 30.7 Å². The highest BCUT2D eigenvalue weighted by molar-refractivity contribution is 5.95. The zero-order chi connectivity index (χ0) is 18.1. The Hall–Kier alpha value is -2.52. The van der Waals surface area contributed by atoms with Gasteiger partial charge in [0.2, 0.25) is 0 Å². The fraction of sp³-hybridized carbons (Fsp3) is 0.357. The van der Waals surface area contributed by atoms with Crippen molar-refractivity contribution in [2.75, 3.05) is 13.6 Å². The van der Waals surface area contributed by atoms with Crippen molar-refractivity contribution >= 4 is 5.91 Å². The lowest BCUT2D eigenvalue weighted by Crippen LogP contribution is -2.47. The van der Waals surface area contributed by atoms with Crippen LogP contribution in [0.4, 0.5) is 22.0 Å². The third kappa shape index (κ3) is 3.52. The predicted molar refractivity (Wildman–Crippen MR) is 74.1 cm³/mol. The summed E-state index contributed by atoms with van der Waals surface area (Å²) in [7, 11) is 0.896. The van der Waals surface area contributed by atoms with Crippen LogP contribution in [0.25, 0.3) is 5.69 Å². The van der Waals surface area contributed by atoms with Crippen molar-refractivity contribution < 1.29 is 26.7 Å². The Balaban J connectivity index is 2.21. The molecule has 130 valence electrons. The van der Waals surface area contributed by atoms with E-state index >= 15 is 0 Å². The molecule has 0 spiro atoms. The predicted octanol–water partition coefficient (Wildman–Crippen LogP) is 2.85. The van der Waals surface area contributed by atoms with Crippen LogP contribution in [0.3, 0.4) is 0 Å². The molecule has 0 saturated heterocycles. The lowest BCUT2D eigenvalue weighted by molar-refractivity contribution is -0.283. The molecule has 0 aliphatic heterocycles. The molecule has 0 aliphatic rings. The van der Waals surface area contributed by atoms with E-state index in [2.05, 4.69) is 10.1 Å². The minimum absolute atomic E-state index is 0.0272. The van der Waals surface area contributed by atoms with Crippen LogP contribution in [0.5, 0.6) is 0 Å². The Morgan fingerprint density at radius 2 is 1.92 bits per heavy atom. The van der Waals surface area contributed by atoms with Gasteiger partial charge in [0, 0.05) is 12.6 Å². The van der Waals surface area contributed by atoms with Gasteiger partial charge in [-0.1, -0.05) is 0 Å². The molecule has 0 fully saturated rings. The third-order valence-corrected chi connectivity index (χ3v) is 3.32. The summed E-state index contributed by atoms with van der Waals surface area (Å²) in [5, 5.41) is 3.90. The molecular weight excluding hydrogens is 335 g/mol. The molecule has 2 rings (SSSR count). The first-order valence-corrected chi connectivity index (χ1v) is 6.68. The average molecular weight is 348 g/mol. The van der Waals surface area contributed by atoms with E-state index < -0.39 is 24.6 Å². The van der Waals surface area contributed by atoms with E-state index in [-0.39, 0.29) is 5.56 Å². The van der Waals surface area contributed by atoms with Crippen molar-refractivity contribution in [3.05, 3.63) is 42.0 Å². The maximum atomic E-state index is 13.1. The fourth-order valence-electron chi connectivity index (χ4n) is 2.04. The second-order valence-corrected chi connectivity index (χ2v) is 5.20. The maximum absolute atomic E-state index is 13.1. The van der Waals surface area contributed by atoms with Gasteiger partial charge >= 0.3 is 12.1 Å². The number of aromatic nitrogens is 3. The molecule has 1 aromatic carbocycles. The van der Waals surface area contributed by atoms with E-state index in [1.165, 1.54) is 29.5 Å². The minimum Gasteiger partial charge on any atom is -0.335 e. The van der Waals surface area contributed by atoms with Crippen LogP contribution in [-0.4, -0.2) is 51.3 Å². The first kappa shape index (κ1) is 17.8. The van der Waals surface area contributed by atoms with Crippen LogP contribution in [0.15, 0.2) is 30.9 Å². The fourth-order valence-corrected chi connectivity index (χ4v) is 2.04. The second-order valence-electron chi connectivity index (χ2n) is 5.20. The number of benzene rings is 1. The summed E-state index contributed by atoms with van der Waals surface area (Å²) in [5.74, 6) is -5.91. The SMILES string of the molecule is Cc1cc(-n2cncn2)ccc1C(=O)N(C)CC(F)(F)C(F)(F)F. The van der Waals surface area contributed by atoms with Crippen LogP contribution in [-0.2, 0) is 0 Å². The van der Waals surface area contributed by atoms with Crippen LogP contribution in [0, 0.1) is 6.92 Å². The molecular formula is C14H13F5N4O. The van der Waals surface area contributed by atoms with Gasteiger partial charge in [-0.15, -0.1) is 0 Å². The monoisotopic (exact) mass is 348 g/mol. The van der Waals surface area contributed by atoms with Gasteiger partial charge in [-0.25, -0.2) is 9.67 Å². The van der Waals surface area contributed by atoms with Gasteiger partial charge in [-0.2, -0.15) is 27.1 Å². The summed E-state index contributed by atoms with van der Waals surface area (Å²) in [6, 6.07) is 4.39. The number of hydrogen-bond acceptors (Lipinski definition) is 3. The van der Waals surface area contributed by atoms with Crippen LogP contribution >= 0.6 is 0 Å². The Kier molecular flexibility index (Phi) is 4.59. The number of hydrogen-bond donors (Lipinski definition) is 0. The van der Waals surface area contributed by atoms with E-state index in [4.69, 9.17) is 0 Å². The van der Waals surface area contributed by atoms with Gasteiger partial charge in [0.1, 0.15) is 12.7 Å². The van der Waals surface area contributed by atoms with E-state index in [1.54, 1.807) is 13.0 Å². The molecule has 0 radical (unpaired) electrons. The Bertz CT molecular complexity index is 727. The zero-order valence-electron chi connectivity index (χ0n) is 12.7. The van der Waals surface area contributed by atoms with Gasteiger partial charge in [0.15, 0.2) is 0 Å². The lowest BCUT2D eigenvalue weighted by atomic mass is 10.1. The summed E-state index contributed by atoms with van der Waals surface area (Å²) >= 11 is 0. The highest BCUT2D eigenvalue weighted by Crippen LogP contribution is 2.36. The average Bonchev–Trinajstić information content (AvgIpc) is 2.98. The molecule has 1 aromatic heterocycles. The molecule has 1 heterocycles. The quantitative estimate of drug-likeness (QED) is 0.799. The molecule has 1 amide bonds. The Morgan fingerprint density at radius 1 is 1.25 bits per heavy atom. The molecule has 10 heteroatoms. The third-order valence-electron chi connectivity index (χ3n) is 3.32. The molecule has 5 nitrogen and oxygen atoms in total. The van der Waals surface area contributed by atoms with Crippen molar-refractivity contribution in [2.45, 2.75) is 19.0 Å². The number of alkyl halides is 5. The van der Waals surface area contributed by atoms with E-state index in [0.717, 1.165) is 7.05 Å². The second kappa shape index (κ2) is 6.17. The van der Waals surface area contributed by atoms with Crippen LogP contribution in [0.1, 0.15) is 15.9 Å². The first-order chi connectivity index (χ1) is 11.0. The van der Waals surface area contributed by atoms with Crippen molar-refractivity contribution in [3.8, 4) is 5.69 Å². The van der Waals surface area contributed by atoms with Crippen LogP contribution in [0.2, 0.25) is 0 Å². The van der Waals surface area contributed by atoms with Gasteiger partial charge in [0.25, 0.3) is 5.91 Å². The molecule has 0 atom stereocenters. The Labute approximate surface area is 133 Å². The summed E-state index contributed by atoms with van der Waals surface area (Å²) in [4.78, 5) is 16.3. The molecule has 0 aliphatic carbocycles. The number of halogens is 5. The minimum atomic E-state index is -5.71. The van der Waals surface area contributed by atoms with Gasteiger partial charge in [0.05, 0.1) is 12.2 Å². The number of carbonyl (C=O) groups excluding carboxylic acids is 1. The largest absolute Gasteiger partial charge is 0.455 e. The summed E-state index contributed by atoms with van der Waals surface area (Å²) < 4.78 is 64.3. The lowest BCUT2D eigenvalue weighted by Gasteiger charge is -2.26. The highest BCUT2D eigenvalue weighted by Gasteiger charge is 2.58. The van der Waals surface area contributed by atoms with Crippen molar-refractivity contribution in [1.82, 2.24) is 19.7 Å². The smallest absolute Gasteiger partial charge is 0.335 e.